The number of anilines is 1. The van der Waals surface area contributed by atoms with E-state index in [1.807, 2.05) is 18.2 Å². The molecular weight excluding hydrogens is 368 g/mol. The topological polar surface area (TPSA) is 66.5 Å². The first-order valence-corrected chi connectivity index (χ1v) is 10.9. The van der Waals surface area contributed by atoms with Gasteiger partial charge in [-0.25, -0.2) is 12.7 Å². The standard InChI is InChI=1S/C19H24N2O3S2/c1-21(2)26(23,24)18-12-6-11-17(14-18)20-19(22)15-25-13-7-10-16-8-4-3-5-9-16/h3-6,8-9,11-12,14H,7,10,13,15H2,1-2H3,(H,20,22). The number of thioether (sulfide) groups is 1. The zero-order valence-electron chi connectivity index (χ0n) is 15.0. The molecule has 0 saturated carbocycles. The molecule has 0 unspecified atom stereocenters. The summed E-state index contributed by atoms with van der Waals surface area (Å²) in [6, 6.07) is 16.6. The maximum absolute atomic E-state index is 12.1. The molecule has 2 aromatic carbocycles. The minimum atomic E-state index is -3.51. The van der Waals surface area contributed by atoms with Gasteiger partial charge in [0, 0.05) is 19.8 Å². The number of hydrogen-bond acceptors (Lipinski definition) is 4. The highest BCUT2D eigenvalue weighted by molar-refractivity contribution is 7.99. The normalized spacial score (nSPS) is 11.5. The average Bonchev–Trinajstić information content (AvgIpc) is 2.62. The van der Waals surface area contributed by atoms with Crippen molar-refractivity contribution in [3.8, 4) is 0 Å². The van der Waals surface area contributed by atoms with Crippen LogP contribution in [-0.4, -0.2) is 44.2 Å². The fourth-order valence-corrected chi connectivity index (χ4v) is 4.03. The van der Waals surface area contributed by atoms with E-state index >= 15 is 0 Å². The van der Waals surface area contributed by atoms with E-state index in [4.69, 9.17) is 0 Å². The number of carbonyl (C=O) groups is 1. The quantitative estimate of drug-likeness (QED) is 0.665. The first-order valence-electron chi connectivity index (χ1n) is 8.34. The van der Waals surface area contributed by atoms with Crippen molar-refractivity contribution in [1.29, 1.82) is 0 Å². The summed E-state index contributed by atoms with van der Waals surface area (Å²) < 4.78 is 25.4. The fourth-order valence-electron chi connectivity index (χ4n) is 2.33. The van der Waals surface area contributed by atoms with E-state index in [2.05, 4.69) is 17.4 Å². The lowest BCUT2D eigenvalue weighted by Gasteiger charge is -2.12. The zero-order valence-corrected chi connectivity index (χ0v) is 16.6. The Balaban J connectivity index is 1.77. The van der Waals surface area contributed by atoms with Crippen LogP contribution in [0.1, 0.15) is 12.0 Å². The van der Waals surface area contributed by atoms with Crippen LogP contribution in [0.2, 0.25) is 0 Å². The minimum absolute atomic E-state index is 0.130. The number of aryl methyl sites for hydroxylation is 1. The summed E-state index contributed by atoms with van der Waals surface area (Å²) >= 11 is 1.58. The molecule has 0 fully saturated rings. The lowest BCUT2D eigenvalue weighted by Crippen LogP contribution is -2.22. The number of amides is 1. The van der Waals surface area contributed by atoms with Gasteiger partial charge < -0.3 is 5.32 Å². The van der Waals surface area contributed by atoms with Crippen LogP contribution in [0.15, 0.2) is 59.5 Å². The lowest BCUT2D eigenvalue weighted by molar-refractivity contribution is -0.113. The van der Waals surface area contributed by atoms with Crippen LogP contribution < -0.4 is 5.32 Å². The number of nitrogens with one attached hydrogen (secondary N) is 1. The summed E-state index contributed by atoms with van der Waals surface area (Å²) in [5.74, 6) is 1.12. The van der Waals surface area contributed by atoms with Crippen LogP contribution in [0.4, 0.5) is 5.69 Å². The van der Waals surface area contributed by atoms with Gasteiger partial charge in [0.25, 0.3) is 0 Å². The van der Waals surface area contributed by atoms with Crippen molar-refractivity contribution in [2.24, 2.45) is 0 Å². The maximum Gasteiger partial charge on any atom is 0.242 e. The Labute approximate surface area is 159 Å². The molecule has 26 heavy (non-hydrogen) atoms. The predicted molar refractivity (Wildman–Crippen MR) is 108 cm³/mol. The molecule has 5 nitrogen and oxygen atoms in total. The molecule has 0 aliphatic rings. The Kier molecular flexibility index (Phi) is 7.68. The van der Waals surface area contributed by atoms with Crippen LogP contribution in [-0.2, 0) is 21.2 Å². The van der Waals surface area contributed by atoms with E-state index in [-0.39, 0.29) is 10.8 Å². The van der Waals surface area contributed by atoms with E-state index in [1.165, 1.54) is 31.8 Å². The highest BCUT2D eigenvalue weighted by Gasteiger charge is 2.17. The van der Waals surface area contributed by atoms with Gasteiger partial charge in [0.2, 0.25) is 15.9 Å². The van der Waals surface area contributed by atoms with Gasteiger partial charge in [0.05, 0.1) is 10.6 Å². The summed E-state index contributed by atoms with van der Waals surface area (Å²) in [5.41, 5.74) is 1.79. The molecule has 0 atom stereocenters. The van der Waals surface area contributed by atoms with Crippen LogP contribution >= 0.6 is 11.8 Å². The third-order valence-electron chi connectivity index (χ3n) is 3.73. The van der Waals surface area contributed by atoms with Crippen molar-refractivity contribution in [2.75, 3.05) is 30.9 Å². The summed E-state index contributed by atoms with van der Waals surface area (Å²) in [7, 11) is -0.551. The average molecular weight is 393 g/mol. The van der Waals surface area contributed by atoms with Gasteiger partial charge >= 0.3 is 0 Å². The third-order valence-corrected chi connectivity index (χ3v) is 6.58. The Hall–Kier alpha value is -1.83. The van der Waals surface area contributed by atoms with Gasteiger partial charge in [0.15, 0.2) is 0 Å². The van der Waals surface area contributed by atoms with Crippen molar-refractivity contribution < 1.29 is 13.2 Å². The molecule has 0 radical (unpaired) electrons. The molecular formula is C19H24N2O3S2. The molecule has 0 spiro atoms. The number of hydrogen-bond donors (Lipinski definition) is 1. The van der Waals surface area contributed by atoms with Crippen LogP contribution in [0, 0.1) is 0 Å². The van der Waals surface area contributed by atoms with Gasteiger partial charge in [0.1, 0.15) is 0 Å². The van der Waals surface area contributed by atoms with Crippen LogP contribution in [0.3, 0.4) is 0 Å². The van der Waals surface area contributed by atoms with Crippen molar-refractivity contribution >= 4 is 33.4 Å². The summed E-state index contributed by atoms with van der Waals surface area (Å²) in [6.45, 7) is 0. The van der Waals surface area contributed by atoms with Gasteiger partial charge in [-0.15, -0.1) is 0 Å². The Morgan fingerprint density at radius 2 is 1.81 bits per heavy atom. The van der Waals surface area contributed by atoms with E-state index in [1.54, 1.807) is 23.9 Å². The molecule has 2 rings (SSSR count). The molecule has 140 valence electrons. The monoisotopic (exact) mass is 392 g/mol. The molecule has 1 amide bonds. The number of carbonyl (C=O) groups excluding carboxylic acids is 1. The molecule has 0 aliphatic carbocycles. The third kappa shape index (κ3) is 6.16. The summed E-state index contributed by atoms with van der Waals surface area (Å²) in [5, 5.41) is 2.76. The SMILES string of the molecule is CN(C)S(=O)(=O)c1cccc(NC(=O)CSCCCc2ccccc2)c1. The van der Waals surface area contributed by atoms with Crippen molar-refractivity contribution in [1.82, 2.24) is 4.31 Å². The molecule has 0 aromatic heterocycles. The molecule has 2 aromatic rings. The van der Waals surface area contributed by atoms with E-state index in [0.717, 1.165) is 22.9 Å². The Morgan fingerprint density at radius 1 is 1.08 bits per heavy atom. The van der Waals surface area contributed by atoms with E-state index in [9.17, 15) is 13.2 Å². The number of rotatable bonds is 9. The van der Waals surface area contributed by atoms with Crippen molar-refractivity contribution in [3.63, 3.8) is 0 Å². The van der Waals surface area contributed by atoms with E-state index < -0.39 is 10.0 Å². The highest BCUT2D eigenvalue weighted by atomic mass is 32.2. The molecule has 0 heterocycles. The summed E-state index contributed by atoms with van der Waals surface area (Å²) in [6.07, 6.45) is 2.01. The second-order valence-corrected chi connectivity index (χ2v) is 9.26. The number of sulfonamides is 1. The lowest BCUT2D eigenvalue weighted by atomic mass is 10.1. The first kappa shape index (κ1) is 20.5. The van der Waals surface area contributed by atoms with E-state index in [0.29, 0.717) is 11.4 Å². The molecule has 7 heteroatoms. The van der Waals surface area contributed by atoms with Gasteiger partial charge in [-0.3, -0.25) is 4.79 Å². The van der Waals surface area contributed by atoms with Crippen LogP contribution in [0.25, 0.3) is 0 Å². The van der Waals surface area contributed by atoms with Gasteiger partial charge in [-0.05, 0) is 42.4 Å². The minimum Gasteiger partial charge on any atom is -0.325 e. The molecule has 0 saturated heterocycles. The fraction of sp³-hybridized carbons (Fsp3) is 0.316. The second-order valence-electron chi connectivity index (χ2n) is 6.01. The second kappa shape index (κ2) is 9.75. The van der Waals surface area contributed by atoms with Crippen molar-refractivity contribution in [3.05, 3.63) is 60.2 Å². The number of nitrogens with zero attached hydrogens (tertiary/aromatic N) is 1. The molecule has 1 N–H and O–H groups in total. The predicted octanol–water partition coefficient (Wildman–Crippen LogP) is 3.24. The maximum atomic E-state index is 12.1. The smallest absolute Gasteiger partial charge is 0.242 e. The first-order chi connectivity index (χ1) is 12.4. The van der Waals surface area contributed by atoms with Gasteiger partial charge in [-0.2, -0.15) is 11.8 Å². The van der Waals surface area contributed by atoms with Crippen LogP contribution in [0.5, 0.6) is 0 Å². The number of benzene rings is 2. The molecule has 0 bridgehead atoms. The van der Waals surface area contributed by atoms with Gasteiger partial charge in [-0.1, -0.05) is 36.4 Å². The highest BCUT2D eigenvalue weighted by Crippen LogP contribution is 2.18. The largest absolute Gasteiger partial charge is 0.325 e. The summed E-state index contributed by atoms with van der Waals surface area (Å²) in [4.78, 5) is 12.2. The molecule has 0 aliphatic heterocycles. The zero-order chi connectivity index (χ0) is 19.0. The van der Waals surface area contributed by atoms with Crippen molar-refractivity contribution in [2.45, 2.75) is 17.7 Å². The Bertz CT molecular complexity index is 822. The Morgan fingerprint density at radius 3 is 2.50 bits per heavy atom.